The Balaban J connectivity index is 1.27. The summed E-state index contributed by atoms with van der Waals surface area (Å²) < 4.78 is 3.15. The number of aryl methyl sites for hydroxylation is 1. The number of amides is 1. The predicted octanol–water partition coefficient (Wildman–Crippen LogP) is 5.11. The lowest BCUT2D eigenvalue weighted by Crippen LogP contribution is -2.14. The number of rotatable bonds is 5. The van der Waals surface area contributed by atoms with Crippen LogP contribution in [-0.2, 0) is 4.79 Å². The van der Waals surface area contributed by atoms with E-state index in [4.69, 9.17) is 0 Å². The van der Waals surface area contributed by atoms with E-state index >= 15 is 0 Å². The van der Waals surface area contributed by atoms with Crippen molar-refractivity contribution in [2.75, 3.05) is 11.1 Å². The van der Waals surface area contributed by atoms with Crippen molar-refractivity contribution in [1.82, 2.24) is 19.6 Å². The van der Waals surface area contributed by atoms with Crippen LogP contribution in [0.1, 0.15) is 5.56 Å². The first-order valence-electron chi connectivity index (χ1n) is 8.85. The number of para-hydroxylation sites is 1. The molecule has 3 heterocycles. The van der Waals surface area contributed by atoms with Crippen LogP contribution in [0.25, 0.3) is 26.4 Å². The molecule has 0 radical (unpaired) electrons. The van der Waals surface area contributed by atoms with Crippen molar-refractivity contribution in [2.24, 2.45) is 0 Å². The summed E-state index contributed by atoms with van der Waals surface area (Å²) in [5.41, 5.74) is 4.16. The minimum Gasteiger partial charge on any atom is -0.301 e. The van der Waals surface area contributed by atoms with Crippen molar-refractivity contribution in [3.8, 4) is 11.3 Å². The summed E-state index contributed by atoms with van der Waals surface area (Å²) in [4.78, 5) is 17.8. The Morgan fingerprint density at radius 1 is 1.14 bits per heavy atom. The zero-order chi connectivity index (χ0) is 19.8. The molecule has 6 nitrogen and oxygen atoms in total. The fourth-order valence-electron chi connectivity index (χ4n) is 2.92. The molecule has 0 saturated heterocycles. The lowest BCUT2D eigenvalue weighted by molar-refractivity contribution is -0.113. The molecule has 1 amide bonds. The molecule has 5 rings (SSSR count). The lowest BCUT2D eigenvalue weighted by atomic mass is 10.1. The van der Waals surface area contributed by atoms with Crippen LogP contribution in [-0.4, -0.2) is 31.2 Å². The summed E-state index contributed by atoms with van der Waals surface area (Å²) in [5, 5.41) is 14.6. The number of hydrogen-bond donors (Lipinski definition) is 1. The van der Waals surface area contributed by atoms with Crippen molar-refractivity contribution in [3.63, 3.8) is 0 Å². The van der Waals surface area contributed by atoms with Crippen molar-refractivity contribution in [2.45, 2.75) is 12.1 Å². The molecule has 1 N–H and O–H groups in total. The van der Waals surface area contributed by atoms with E-state index in [1.54, 1.807) is 11.3 Å². The number of nitrogens with one attached hydrogen (secondary N) is 1. The summed E-state index contributed by atoms with van der Waals surface area (Å²) in [7, 11) is 0. The fraction of sp³-hybridized carbons (Fsp3) is 0.100. The maximum atomic E-state index is 12.4. The number of carbonyl (C=O) groups excluding carboxylic acids is 1. The minimum atomic E-state index is -0.115. The first-order chi connectivity index (χ1) is 14.2. The van der Waals surface area contributed by atoms with Crippen molar-refractivity contribution < 1.29 is 4.79 Å². The van der Waals surface area contributed by atoms with Crippen molar-refractivity contribution in [3.05, 3.63) is 59.5 Å². The van der Waals surface area contributed by atoms with Gasteiger partial charge in [-0.05, 0) is 19.1 Å². The highest BCUT2D eigenvalue weighted by Crippen LogP contribution is 2.30. The molecular weight excluding hydrogens is 422 g/mol. The number of benzene rings is 2. The molecular formula is C20H15N5OS3. The van der Waals surface area contributed by atoms with Gasteiger partial charge < -0.3 is 5.32 Å². The van der Waals surface area contributed by atoms with Gasteiger partial charge in [-0.15, -0.1) is 21.5 Å². The van der Waals surface area contributed by atoms with Crippen LogP contribution in [0, 0.1) is 6.92 Å². The number of hydrogen-bond acceptors (Lipinski definition) is 7. The second kappa shape index (κ2) is 7.58. The molecule has 0 fully saturated rings. The Labute approximate surface area is 178 Å². The molecule has 0 aliphatic carbocycles. The van der Waals surface area contributed by atoms with Gasteiger partial charge in [-0.1, -0.05) is 65.1 Å². The Morgan fingerprint density at radius 3 is 2.83 bits per heavy atom. The van der Waals surface area contributed by atoms with E-state index in [0.717, 1.165) is 26.4 Å². The van der Waals surface area contributed by atoms with Crippen LogP contribution in [0.15, 0.2) is 59.1 Å². The number of fused-ring (bicyclic) bond motifs is 3. The third kappa shape index (κ3) is 3.64. The molecule has 29 heavy (non-hydrogen) atoms. The van der Waals surface area contributed by atoms with E-state index in [9.17, 15) is 4.79 Å². The molecule has 0 atom stereocenters. The van der Waals surface area contributed by atoms with Crippen LogP contribution >= 0.6 is 34.4 Å². The van der Waals surface area contributed by atoms with Crippen LogP contribution in [0.2, 0.25) is 0 Å². The first-order valence-corrected chi connectivity index (χ1v) is 11.5. The Hall–Kier alpha value is -2.75. The number of thiazole rings is 2. The summed E-state index contributed by atoms with van der Waals surface area (Å²) in [6, 6.07) is 16.3. The maximum absolute atomic E-state index is 12.4. The highest BCUT2D eigenvalue weighted by atomic mass is 32.2. The molecule has 0 bridgehead atoms. The fourth-order valence-corrected chi connectivity index (χ4v) is 5.43. The van der Waals surface area contributed by atoms with Crippen LogP contribution < -0.4 is 5.32 Å². The molecule has 0 aliphatic rings. The number of thioether (sulfide) groups is 1. The van der Waals surface area contributed by atoms with E-state index in [1.807, 2.05) is 40.1 Å². The maximum Gasteiger partial charge on any atom is 0.236 e. The van der Waals surface area contributed by atoms with Gasteiger partial charge in [0.1, 0.15) is 0 Å². The topological polar surface area (TPSA) is 72.2 Å². The normalized spacial score (nSPS) is 11.3. The summed E-state index contributed by atoms with van der Waals surface area (Å²) >= 11 is 4.38. The second-order valence-electron chi connectivity index (χ2n) is 6.41. The summed E-state index contributed by atoms with van der Waals surface area (Å²) in [6.45, 7) is 2.05. The SMILES string of the molecule is Cc1ccc(-c2csc(NC(=O)CSc3nnc4sc5ccccc5n34)n2)cc1. The molecule has 5 aromatic rings. The first kappa shape index (κ1) is 18.3. The third-order valence-corrected chi connectivity index (χ3v) is 7.04. The van der Waals surface area contributed by atoms with Gasteiger partial charge in [0.05, 0.1) is 21.7 Å². The second-order valence-corrected chi connectivity index (χ2v) is 9.22. The molecule has 0 aliphatic heterocycles. The lowest BCUT2D eigenvalue weighted by Gasteiger charge is -2.01. The van der Waals surface area contributed by atoms with Gasteiger partial charge in [0.2, 0.25) is 10.9 Å². The average Bonchev–Trinajstić information content (AvgIpc) is 3.42. The van der Waals surface area contributed by atoms with Gasteiger partial charge in [-0.2, -0.15) is 0 Å². The zero-order valence-electron chi connectivity index (χ0n) is 15.3. The molecule has 0 unspecified atom stereocenters. The van der Waals surface area contributed by atoms with E-state index in [1.165, 1.54) is 28.7 Å². The largest absolute Gasteiger partial charge is 0.301 e. The standard InChI is InChI=1S/C20H15N5OS3/c1-12-6-8-13(9-7-12)14-10-27-18(21-14)22-17(26)11-28-19-23-24-20-25(19)15-4-2-3-5-16(15)29-20/h2-10H,11H2,1H3,(H,21,22,26). The van der Waals surface area contributed by atoms with E-state index in [-0.39, 0.29) is 11.7 Å². The molecule has 144 valence electrons. The molecule has 9 heteroatoms. The number of aromatic nitrogens is 4. The predicted molar refractivity (Wildman–Crippen MR) is 120 cm³/mol. The molecule has 0 saturated carbocycles. The van der Waals surface area contributed by atoms with Gasteiger partial charge in [-0.3, -0.25) is 9.20 Å². The van der Waals surface area contributed by atoms with Gasteiger partial charge in [0.15, 0.2) is 10.3 Å². The van der Waals surface area contributed by atoms with Gasteiger partial charge in [-0.25, -0.2) is 4.98 Å². The van der Waals surface area contributed by atoms with Gasteiger partial charge in [0.25, 0.3) is 0 Å². The van der Waals surface area contributed by atoms with Gasteiger partial charge in [0, 0.05) is 10.9 Å². The highest BCUT2D eigenvalue weighted by molar-refractivity contribution is 7.99. The molecule has 2 aromatic carbocycles. The quantitative estimate of drug-likeness (QED) is 0.387. The number of anilines is 1. The summed E-state index contributed by atoms with van der Waals surface area (Å²) in [5.74, 6) is 0.126. The van der Waals surface area contributed by atoms with E-state index < -0.39 is 0 Å². The van der Waals surface area contributed by atoms with Crippen LogP contribution in [0.3, 0.4) is 0 Å². The van der Waals surface area contributed by atoms with E-state index in [0.29, 0.717) is 10.3 Å². The van der Waals surface area contributed by atoms with Gasteiger partial charge >= 0.3 is 0 Å². The third-order valence-electron chi connectivity index (χ3n) is 4.34. The Morgan fingerprint density at radius 2 is 1.97 bits per heavy atom. The Bertz CT molecular complexity index is 1320. The van der Waals surface area contributed by atoms with Crippen LogP contribution in [0.5, 0.6) is 0 Å². The zero-order valence-corrected chi connectivity index (χ0v) is 17.8. The highest BCUT2D eigenvalue weighted by Gasteiger charge is 2.15. The van der Waals surface area contributed by atoms with Crippen molar-refractivity contribution >= 4 is 60.7 Å². The smallest absolute Gasteiger partial charge is 0.236 e. The molecule has 0 spiro atoms. The summed E-state index contributed by atoms with van der Waals surface area (Å²) in [6.07, 6.45) is 0. The van der Waals surface area contributed by atoms with E-state index in [2.05, 4.69) is 45.6 Å². The average molecular weight is 438 g/mol. The monoisotopic (exact) mass is 437 g/mol. The molecule has 3 aromatic heterocycles. The minimum absolute atomic E-state index is 0.115. The number of nitrogens with zero attached hydrogens (tertiary/aromatic N) is 4. The van der Waals surface area contributed by atoms with Crippen LogP contribution in [0.4, 0.5) is 5.13 Å². The van der Waals surface area contributed by atoms with Crippen molar-refractivity contribution in [1.29, 1.82) is 0 Å². The Kier molecular flexibility index (Phi) is 4.78. The number of carbonyl (C=O) groups is 1.